The Hall–Kier alpha value is -3.07. The molecule has 0 spiro atoms. The lowest BCUT2D eigenvalue weighted by Crippen LogP contribution is -2.57. The lowest BCUT2D eigenvalue weighted by atomic mass is 9.99. The molecule has 2 aliphatic rings. The molecule has 174 valence electrons. The zero-order chi connectivity index (χ0) is 23.2. The smallest absolute Gasteiger partial charge is 0.338 e. The molecule has 2 saturated heterocycles. The molecule has 2 aromatic rings. The highest BCUT2D eigenvalue weighted by molar-refractivity contribution is 5.89. The molecule has 2 aromatic carbocycles. The number of ketones is 1. The van der Waals surface area contributed by atoms with Crippen LogP contribution in [-0.2, 0) is 39.9 Å². The van der Waals surface area contributed by atoms with Gasteiger partial charge in [0.15, 0.2) is 18.5 Å². The molecule has 33 heavy (non-hydrogen) atoms. The number of fused-ring (bicyclic) bond motifs is 2. The molecule has 0 radical (unpaired) electrons. The molecule has 2 fully saturated rings. The monoisotopic (exact) mass is 454 g/mol. The molecule has 0 unspecified atom stereocenters. The summed E-state index contributed by atoms with van der Waals surface area (Å²) in [4.78, 5) is 36.5. The van der Waals surface area contributed by atoms with Crippen LogP contribution in [-0.4, -0.2) is 55.0 Å². The molecule has 0 N–H and O–H groups in total. The Morgan fingerprint density at radius 3 is 2.27 bits per heavy atom. The number of hydrogen-bond donors (Lipinski definition) is 0. The van der Waals surface area contributed by atoms with Gasteiger partial charge in [-0.3, -0.25) is 4.79 Å². The minimum Gasteiger partial charge on any atom is -0.457 e. The van der Waals surface area contributed by atoms with Crippen molar-refractivity contribution in [3.05, 3.63) is 71.8 Å². The third-order valence-electron chi connectivity index (χ3n) is 5.50. The van der Waals surface area contributed by atoms with Gasteiger partial charge in [-0.2, -0.15) is 0 Å². The number of carbonyl (C=O) groups is 3. The maximum atomic E-state index is 12.8. The van der Waals surface area contributed by atoms with E-state index in [2.05, 4.69) is 0 Å². The molecule has 2 heterocycles. The fourth-order valence-corrected chi connectivity index (χ4v) is 3.82. The topological polar surface area (TPSA) is 97.4 Å². The van der Waals surface area contributed by atoms with Gasteiger partial charge in [-0.1, -0.05) is 48.5 Å². The fraction of sp³-hybridized carbons (Fsp3) is 0.400. The van der Waals surface area contributed by atoms with Crippen LogP contribution >= 0.6 is 0 Å². The quantitative estimate of drug-likeness (QED) is 0.534. The van der Waals surface area contributed by atoms with Crippen molar-refractivity contribution < 1.29 is 38.1 Å². The maximum Gasteiger partial charge on any atom is 0.338 e. The highest BCUT2D eigenvalue weighted by Gasteiger charge is 2.55. The van der Waals surface area contributed by atoms with Crippen molar-refractivity contribution in [3.63, 3.8) is 0 Å². The SMILES string of the molecule is CC(=O)CCC(=O)O[C@H]1[C@H](OCc2ccccc2)[C@@H](OC(=O)c2ccccc2)[C@@H]2OC[C@H]1O2. The van der Waals surface area contributed by atoms with Crippen LogP contribution in [0.2, 0.25) is 0 Å². The van der Waals surface area contributed by atoms with E-state index >= 15 is 0 Å². The number of rotatable bonds is 9. The van der Waals surface area contributed by atoms with Crippen molar-refractivity contribution in [1.82, 2.24) is 0 Å². The van der Waals surface area contributed by atoms with Gasteiger partial charge in [0.2, 0.25) is 0 Å². The van der Waals surface area contributed by atoms with E-state index in [-0.39, 0.29) is 31.8 Å². The summed E-state index contributed by atoms with van der Waals surface area (Å²) in [5.41, 5.74) is 1.28. The minimum absolute atomic E-state index is 0.0529. The van der Waals surface area contributed by atoms with E-state index in [1.807, 2.05) is 30.3 Å². The van der Waals surface area contributed by atoms with Gasteiger partial charge in [0.1, 0.15) is 18.0 Å². The van der Waals surface area contributed by atoms with Crippen LogP contribution in [0.15, 0.2) is 60.7 Å². The second-order valence-electron chi connectivity index (χ2n) is 8.03. The van der Waals surface area contributed by atoms with Crippen molar-refractivity contribution >= 4 is 17.7 Å². The number of carbonyl (C=O) groups excluding carboxylic acids is 3. The van der Waals surface area contributed by atoms with Crippen molar-refractivity contribution in [2.24, 2.45) is 0 Å². The molecule has 2 aliphatic heterocycles. The van der Waals surface area contributed by atoms with Crippen molar-refractivity contribution in [1.29, 1.82) is 0 Å². The van der Waals surface area contributed by atoms with Crippen molar-refractivity contribution in [2.75, 3.05) is 6.61 Å². The van der Waals surface area contributed by atoms with E-state index in [1.54, 1.807) is 30.3 Å². The molecular weight excluding hydrogens is 428 g/mol. The Morgan fingerprint density at radius 2 is 1.58 bits per heavy atom. The minimum atomic E-state index is -0.953. The Morgan fingerprint density at radius 1 is 0.879 bits per heavy atom. The van der Waals surface area contributed by atoms with Gasteiger partial charge in [-0.25, -0.2) is 4.79 Å². The molecule has 0 aliphatic carbocycles. The third kappa shape index (κ3) is 5.84. The predicted molar refractivity (Wildman–Crippen MR) is 115 cm³/mol. The van der Waals surface area contributed by atoms with E-state index in [0.717, 1.165) is 5.56 Å². The van der Waals surface area contributed by atoms with Crippen LogP contribution < -0.4 is 0 Å². The molecule has 2 bridgehead atoms. The van der Waals surface area contributed by atoms with E-state index in [4.69, 9.17) is 23.7 Å². The first kappa shape index (κ1) is 23.1. The van der Waals surface area contributed by atoms with E-state index in [9.17, 15) is 14.4 Å². The Kier molecular flexibility index (Phi) is 7.49. The van der Waals surface area contributed by atoms with Gasteiger partial charge >= 0.3 is 11.9 Å². The molecule has 0 aromatic heterocycles. The zero-order valence-corrected chi connectivity index (χ0v) is 18.3. The van der Waals surface area contributed by atoms with Crippen molar-refractivity contribution in [2.45, 2.75) is 57.1 Å². The summed E-state index contributed by atoms with van der Waals surface area (Å²) in [5, 5.41) is 0. The fourth-order valence-electron chi connectivity index (χ4n) is 3.82. The van der Waals surface area contributed by atoms with Gasteiger partial charge in [-0.05, 0) is 24.6 Å². The van der Waals surface area contributed by atoms with Gasteiger partial charge < -0.3 is 28.5 Å². The number of ether oxygens (including phenoxy) is 5. The van der Waals surface area contributed by atoms with Gasteiger partial charge in [0, 0.05) is 6.42 Å². The molecular formula is C25H26O8. The van der Waals surface area contributed by atoms with Crippen LogP contribution in [0.5, 0.6) is 0 Å². The largest absolute Gasteiger partial charge is 0.457 e. The zero-order valence-electron chi connectivity index (χ0n) is 18.3. The molecule has 4 rings (SSSR count). The average molecular weight is 454 g/mol. The number of Topliss-reactive ketones (excluding diaryl/α,β-unsaturated/α-hetero) is 1. The summed E-state index contributed by atoms with van der Waals surface area (Å²) in [5.74, 6) is -1.22. The van der Waals surface area contributed by atoms with E-state index in [0.29, 0.717) is 5.56 Å². The van der Waals surface area contributed by atoms with Crippen molar-refractivity contribution in [3.8, 4) is 0 Å². The summed E-state index contributed by atoms with van der Waals surface area (Å²) in [7, 11) is 0. The first-order chi connectivity index (χ1) is 16.0. The first-order valence-corrected chi connectivity index (χ1v) is 10.9. The first-order valence-electron chi connectivity index (χ1n) is 10.9. The number of esters is 2. The summed E-state index contributed by atoms with van der Waals surface area (Å²) >= 11 is 0. The normalized spacial score (nSPS) is 25.9. The summed E-state index contributed by atoms with van der Waals surface area (Å²) < 4.78 is 29.1. The van der Waals surface area contributed by atoms with Crippen LogP contribution in [0.3, 0.4) is 0 Å². The Labute approximate surface area is 191 Å². The van der Waals surface area contributed by atoms with E-state index < -0.39 is 42.6 Å². The average Bonchev–Trinajstić information content (AvgIpc) is 3.27. The van der Waals surface area contributed by atoms with Crippen LogP contribution in [0.25, 0.3) is 0 Å². The third-order valence-corrected chi connectivity index (χ3v) is 5.50. The van der Waals surface area contributed by atoms with E-state index in [1.165, 1.54) is 6.92 Å². The van der Waals surface area contributed by atoms with Crippen LogP contribution in [0, 0.1) is 0 Å². The number of hydrogen-bond acceptors (Lipinski definition) is 8. The Bertz CT molecular complexity index is 961. The second kappa shape index (κ2) is 10.7. The van der Waals surface area contributed by atoms with Gasteiger partial charge in [0.25, 0.3) is 0 Å². The van der Waals surface area contributed by atoms with Crippen LogP contribution in [0.1, 0.15) is 35.7 Å². The standard InChI is InChI=1S/C25H26O8/c1-16(26)12-13-20(27)32-21-19-15-30-25(31-19)23(33-24(28)18-10-6-3-7-11-18)22(21)29-14-17-8-4-2-5-9-17/h2-11,19,21-23,25H,12-15H2,1H3/t19-,21-,22+,23-,25-/m1/s1. The highest BCUT2D eigenvalue weighted by atomic mass is 16.8. The Balaban J connectivity index is 1.54. The number of benzene rings is 2. The molecule has 5 atom stereocenters. The van der Waals surface area contributed by atoms with Gasteiger partial charge in [0.05, 0.1) is 25.2 Å². The summed E-state index contributed by atoms with van der Waals surface area (Å²) in [6.45, 7) is 1.79. The molecule has 0 saturated carbocycles. The maximum absolute atomic E-state index is 12.8. The lowest BCUT2D eigenvalue weighted by molar-refractivity contribution is -0.249. The highest BCUT2D eigenvalue weighted by Crippen LogP contribution is 2.35. The molecule has 8 nitrogen and oxygen atoms in total. The predicted octanol–water partition coefficient (Wildman–Crippen LogP) is 2.83. The lowest BCUT2D eigenvalue weighted by Gasteiger charge is -2.39. The van der Waals surface area contributed by atoms with Gasteiger partial charge in [-0.15, -0.1) is 0 Å². The molecule has 0 amide bonds. The summed E-state index contributed by atoms with van der Waals surface area (Å²) in [6, 6.07) is 18.0. The second-order valence-corrected chi connectivity index (χ2v) is 8.03. The molecule has 8 heteroatoms. The van der Waals surface area contributed by atoms with Crippen LogP contribution in [0.4, 0.5) is 0 Å². The summed E-state index contributed by atoms with van der Waals surface area (Å²) in [6.07, 6.45) is -4.00.